The molecule has 116 valence electrons. The van der Waals surface area contributed by atoms with Crippen molar-refractivity contribution >= 4 is 23.2 Å². The Bertz CT molecular complexity index is 613. The number of carbonyl (C=O) groups is 1. The number of nitrogens with zero attached hydrogens (tertiary/aromatic N) is 1. The highest BCUT2D eigenvalue weighted by Crippen LogP contribution is 2.23. The summed E-state index contributed by atoms with van der Waals surface area (Å²) in [7, 11) is 0. The molecule has 1 aromatic rings. The van der Waals surface area contributed by atoms with E-state index in [1.807, 2.05) is 13.0 Å². The highest BCUT2D eigenvalue weighted by molar-refractivity contribution is 6.31. The Morgan fingerprint density at radius 3 is 2.77 bits per heavy atom. The zero-order chi connectivity index (χ0) is 15.9. The fraction of sp³-hybridized carbons (Fsp3) is 0.412. The normalized spacial score (nSPS) is 16.0. The first-order valence-electron chi connectivity index (χ1n) is 7.54. The Morgan fingerprint density at radius 1 is 1.36 bits per heavy atom. The second-order valence-electron chi connectivity index (χ2n) is 5.54. The van der Waals surface area contributed by atoms with Crippen LogP contribution in [0.15, 0.2) is 30.0 Å². The zero-order valence-corrected chi connectivity index (χ0v) is 13.4. The van der Waals surface area contributed by atoms with Gasteiger partial charge in [-0.3, -0.25) is 4.79 Å². The lowest BCUT2D eigenvalue weighted by Crippen LogP contribution is -2.28. The van der Waals surface area contributed by atoms with E-state index in [9.17, 15) is 10.1 Å². The number of halogens is 1. The van der Waals surface area contributed by atoms with Gasteiger partial charge in [0.1, 0.15) is 11.6 Å². The molecule has 2 N–H and O–H groups in total. The van der Waals surface area contributed by atoms with E-state index in [0.717, 1.165) is 18.4 Å². The molecule has 0 unspecified atom stereocenters. The predicted octanol–water partition coefficient (Wildman–Crippen LogP) is 3.92. The summed E-state index contributed by atoms with van der Waals surface area (Å²) in [5.41, 5.74) is 1.48. The summed E-state index contributed by atoms with van der Waals surface area (Å²) in [6.07, 6.45) is 7.36. The Kier molecular flexibility index (Phi) is 5.85. The molecule has 0 heterocycles. The van der Waals surface area contributed by atoms with Crippen LogP contribution in [-0.2, 0) is 4.79 Å². The molecule has 4 nitrogen and oxygen atoms in total. The highest BCUT2D eigenvalue weighted by atomic mass is 35.5. The molecule has 0 saturated heterocycles. The minimum Gasteiger partial charge on any atom is -0.387 e. The van der Waals surface area contributed by atoms with Crippen molar-refractivity contribution in [1.29, 1.82) is 5.26 Å². The minimum atomic E-state index is -0.420. The summed E-state index contributed by atoms with van der Waals surface area (Å²) in [5.74, 6) is -0.420. The van der Waals surface area contributed by atoms with Crippen LogP contribution in [-0.4, -0.2) is 11.9 Å². The highest BCUT2D eigenvalue weighted by Gasteiger charge is 2.14. The Hall–Kier alpha value is -1.99. The fourth-order valence-electron chi connectivity index (χ4n) is 2.55. The van der Waals surface area contributed by atoms with Gasteiger partial charge in [0.25, 0.3) is 5.91 Å². The van der Waals surface area contributed by atoms with Gasteiger partial charge in [0.2, 0.25) is 0 Å². The second-order valence-corrected chi connectivity index (χ2v) is 5.95. The van der Waals surface area contributed by atoms with Crippen molar-refractivity contribution in [3.63, 3.8) is 0 Å². The number of rotatable bonds is 4. The number of hydrogen-bond acceptors (Lipinski definition) is 3. The Labute approximate surface area is 136 Å². The summed E-state index contributed by atoms with van der Waals surface area (Å²) < 4.78 is 0. The Balaban J connectivity index is 2.02. The lowest BCUT2D eigenvalue weighted by molar-refractivity contribution is -0.112. The molecule has 1 aliphatic carbocycles. The van der Waals surface area contributed by atoms with Crippen LogP contribution in [0.2, 0.25) is 5.02 Å². The average molecular weight is 318 g/mol. The van der Waals surface area contributed by atoms with Crippen LogP contribution in [0.25, 0.3) is 0 Å². The van der Waals surface area contributed by atoms with E-state index < -0.39 is 5.91 Å². The molecule has 0 atom stereocenters. The predicted molar refractivity (Wildman–Crippen MR) is 88.5 cm³/mol. The molecule has 5 heteroatoms. The molecule has 0 aromatic heterocycles. The fourth-order valence-corrected chi connectivity index (χ4v) is 2.73. The number of nitriles is 1. The SMILES string of the molecule is Cc1c(Cl)cccc1NC(=O)/C(C#N)=C\NC1CCCCC1. The third-order valence-electron chi connectivity index (χ3n) is 3.95. The van der Waals surface area contributed by atoms with Gasteiger partial charge in [0, 0.05) is 23.0 Å². The maximum atomic E-state index is 12.2. The summed E-state index contributed by atoms with van der Waals surface area (Å²) in [6, 6.07) is 7.60. The van der Waals surface area contributed by atoms with Gasteiger partial charge in [-0.05, 0) is 37.5 Å². The van der Waals surface area contributed by atoms with Crippen LogP contribution >= 0.6 is 11.6 Å². The maximum Gasteiger partial charge on any atom is 0.267 e. The molecular weight excluding hydrogens is 298 g/mol. The van der Waals surface area contributed by atoms with Gasteiger partial charge in [-0.15, -0.1) is 0 Å². The van der Waals surface area contributed by atoms with E-state index >= 15 is 0 Å². The zero-order valence-electron chi connectivity index (χ0n) is 12.7. The van der Waals surface area contributed by atoms with Crippen molar-refractivity contribution in [1.82, 2.24) is 5.32 Å². The molecule has 0 radical (unpaired) electrons. The van der Waals surface area contributed by atoms with Crippen molar-refractivity contribution in [2.45, 2.75) is 45.1 Å². The molecule has 22 heavy (non-hydrogen) atoms. The number of amides is 1. The van der Waals surface area contributed by atoms with Gasteiger partial charge in [-0.1, -0.05) is 36.9 Å². The van der Waals surface area contributed by atoms with Crippen LogP contribution in [0.3, 0.4) is 0 Å². The third-order valence-corrected chi connectivity index (χ3v) is 4.36. The molecule has 1 saturated carbocycles. The number of benzene rings is 1. The maximum absolute atomic E-state index is 12.2. The summed E-state index contributed by atoms with van der Waals surface area (Å²) in [4.78, 5) is 12.2. The molecule has 0 aliphatic heterocycles. The van der Waals surface area contributed by atoms with E-state index in [0.29, 0.717) is 16.8 Å². The summed E-state index contributed by atoms with van der Waals surface area (Å²) in [5, 5.41) is 15.7. The standard InChI is InChI=1S/C17H20ClN3O/c1-12-15(18)8-5-9-16(12)21-17(22)13(10-19)11-20-14-6-3-2-4-7-14/h5,8-9,11,14,20H,2-4,6-7H2,1H3,(H,21,22)/b13-11-. The van der Waals surface area contributed by atoms with Crippen LogP contribution in [0.4, 0.5) is 5.69 Å². The number of nitrogens with one attached hydrogen (secondary N) is 2. The first-order chi connectivity index (χ1) is 10.6. The smallest absolute Gasteiger partial charge is 0.267 e. The molecule has 2 rings (SSSR count). The van der Waals surface area contributed by atoms with Crippen molar-refractivity contribution < 1.29 is 4.79 Å². The van der Waals surface area contributed by atoms with Gasteiger partial charge in [0.15, 0.2) is 0 Å². The van der Waals surface area contributed by atoms with Gasteiger partial charge in [-0.2, -0.15) is 5.26 Å². The molecular formula is C17H20ClN3O. The van der Waals surface area contributed by atoms with Crippen molar-refractivity contribution in [2.75, 3.05) is 5.32 Å². The molecule has 1 aromatic carbocycles. The monoisotopic (exact) mass is 317 g/mol. The van der Waals surface area contributed by atoms with Gasteiger partial charge < -0.3 is 10.6 Å². The van der Waals surface area contributed by atoms with Crippen LogP contribution < -0.4 is 10.6 Å². The summed E-state index contributed by atoms with van der Waals surface area (Å²) in [6.45, 7) is 1.83. The minimum absolute atomic E-state index is 0.0740. The van der Waals surface area contributed by atoms with E-state index in [-0.39, 0.29) is 5.57 Å². The quantitative estimate of drug-likeness (QED) is 0.653. The first kappa shape index (κ1) is 16.4. The van der Waals surface area contributed by atoms with E-state index in [4.69, 9.17) is 11.6 Å². The summed E-state index contributed by atoms with van der Waals surface area (Å²) >= 11 is 6.03. The van der Waals surface area contributed by atoms with Crippen molar-refractivity contribution in [2.24, 2.45) is 0 Å². The molecule has 1 aliphatic rings. The number of hydrogen-bond donors (Lipinski definition) is 2. The second kappa shape index (κ2) is 7.86. The van der Waals surface area contributed by atoms with E-state index in [2.05, 4.69) is 10.6 Å². The van der Waals surface area contributed by atoms with Gasteiger partial charge in [0.05, 0.1) is 0 Å². The van der Waals surface area contributed by atoms with E-state index in [1.54, 1.807) is 18.2 Å². The van der Waals surface area contributed by atoms with E-state index in [1.165, 1.54) is 25.5 Å². The third kappa shape index (κ3) is 4.25. The molecule has 0 bridgehead atoms. The first-order valence-corrected chi connectivity index (χ1v) is 7.92. The van der Waals surface area contributed by atoms with Gasteiger partial charge >= 0.3 is 0 Å². The number of anilines is 1. The Morgan fingerprint density at radius 2 is 2.09 bits per heavy atom. The van der Waals surface area contributed by atoms with Crippen LogP contribution in [0, 0.1) is 18.3 Å². The lowest BCUT2D eigenvalue weighted by atomic mass is 9.96. The largest absolute Gasteiger partial charge is 0.387 e. The van der Waals surface area contributed by atoms with Crippen LogP contribution in [0.5, 0.6) is 0 Å². The van der Waals surface area contributed by atoms with Crippen molar-refractivity contribution in [3.05, 3.63) is 40.6 Å². The molecule has 1 fully saturated rings. The molecule has 0 spiro atoms. The van der Waals surface area contributed by atoms with Gasteiger partial charge in [-0.25, -0.2) is 0 Å². The topological polar surface area (TPSA) is 64.9 Å². The van der Waals surface area contributed by atoms with Crippen LogP contribution in [0.1, 0.15) is 37.7 Å². The van der Waals surface area contributed by atoms with Crippen molar-refractivity contribution in [3.8, 4) is 6.07 Å². The number of carbonyl (C=O) groups excluding carboxylic acids is 1. The average Bonchev–Trinajstić information content (AvgIpc) is 2.53. The molecule has 1 amide bonds. The lowest BCUT2D eigenvalue weighted by Gasteiger charge is -2.21.